The number of likely N-dealkylation sites (tertiary alicyclic amines) is 1. The summed E-state index contributed by atoms with van der Waals surface area (Å²) in [5.41, 5.74) is 0.374. The SMILES string of the molecule is Cc1ccc2c(CS(=O)(=O)CCC(F)(F)F)c(F)ccc2c1Oc1ncccc1-c1ccnc(NC2CC(F)CN(C(=O)OC(C)(C)C)C2)n1. The first kappa shape index (κ1) is 36.7. The number of anilines is 1. The van der Waals surface area contributed by atoms with Gasteiger partial charge < -0.3 is 19.7 Å². The molecule has 1 aliphatic rings. The molecule has 1 saturated heterocycles. The lowest BCUT2D eigenvalue weighted by atomic mass is 10.0. The third-order valence-corrected chi connectivity index (χ3v) is 9.30. The number of alkyl halides is 4. The molecule has 2 atom stereocenters. The van der Waals surface area contributed by atoms with E-state index in [0.29, 0.717) is 22.2 Å². The molecule has 1 N–H and O–H groups in total. The fourth-order valence-corrected chi connectivity index (χ4v) is 6.93. The van der Waals surface area contributed by atoms with E-state index in [1.807, 2.05) is 0 Å². The molecule has 16 heteroatoms. The van der Waals surface area contributed by atoms with E-state index in [1.165, 1.54) is 29.4 Å². The number of sulfone groups is 1. The van der Waals surface area contributed by atoms with Gasteiger partial charge in [-0.2, -0.15) is 13.2 Å². The van der Waals surface area contributed by atoms with Gasteiger partial charge in [0.2, 0.25) is 11.8 Å². The van der Waals surface area contributed by atoms with Crippen LogP contribution in [-0.4, -0.2) is 77.2 Å². The van der Waals surface area contributed by atoms with Crippen LogP contribution < -0.4 is 10.1 Å². The first-order valence-electron chi connectivity index (χ1n) is 15.7. The molecule has 0 radical (unpaired) electrons. The molecule has 5 rings (SSSR count). The van der Waals surface area contributed by atoms with Crippen LogP contribution in [0.15, 0.2) is 54.9 Å². The number of benzene rings is 2. The number of pyridine rings is 1. The highest BCUT2D eigenvalue weighted by molar-refractivity contribution is 7.90. The highest BCUT2D eigenvalue weighted by atomic mass is 32.2. The van der Waals surface area contributed by atoms with Gasteiger partial charge in [-0.05, 0) is 69.0 Å². The fourth-order valence-electron chi connectivity index (χ4n) is 5.51. The second-order valence-corrected chi connectivity index (χ2v) is 15.3. The van der Waals surface area contributed by atoms with Crippen LogP contribution in [0.3, 0.4) is 0 Å². The van der Waals surface area contributed by atoms with Gasteiger partial charge in [0.15, 0.2) is 9.84 Å². The summed E-state index contributed by atoms with van der Waals surface area (Å²) in [6, 6.07) is 9.96. The maximum absolute atomic E-state index is 15.0. The van der Waals surface area contributed by atoms with Crippen LogP contribution in [0.2, 0.25) is 0 Å². The second kappa shape index (κ2) is 14.3. The average Bonchev–Trinajstić information content (AvgIpc) is 3.02. The Morgan fingerprint density at radius 1 is 1.02 bits per heavy atom. The number of aryl methyl sites for hydroxylation is 1. The van der Waals surface area contributed by atoms with Crippen LogP contribution >= 0.6 is 0 Å². The summed E-state index contributed by atoms with van der Waals surface area (Å²) in [6.07, 6.45) is -5.07. The van der Waals surface area contributed by atoms with Crippen LogP contribution in [-0.2, 0) is 20.3 Å². The quantitative estimate of drug-likeness (QED) is 0.175. The lowest BCUT2D eigenvalue weighted by Crippen LogP contribution is -2.51. The molecule has 4 aromatic rings. The lowest BCUT2D eigenvalue weighted by molar-refractivity contribution is -0.129. The molecule has 1 fully saturated rings. The van der Waals surface area contributed by atoms with Crippen LogP contribution in [0, 0.1) is 12.7 Å². The van der Waals surface area contributed by atoms with Crippen molar-refractivity contribution in [1.29, 1.82) is 0 Å². The van der Waals surface area contributed by atoms with Crippen LogP contribution in [0.1, 0.15) is 44.7 Å². The minimum absolute atomic E-state index is 0.0917. The number of piperidine rings is 1. The highest BCUT2D eigenvalue weighted by Crippen LogP contribution is 2.39. The first-order valence-corrected chi connectivity index (χ1v) is 17.5. The summed E-state index contributed by atoms with van der Waals surface area (Å²) < 4.78 is 105. The largest absolute Gasteiger partial charge is 0.444 e. The van der Waals surface area contributed by atoms with Gasteiger partial charge in [0.1, 0.15) is 23.3 Å². The van der Waals surface area contributed by atoms with Gasteiger partial charge >= 0.3 is 12.3 Å². The van der Waals surface area contributed by atoms with Gasteiger partial charge in [-0.15, -0.1) is 0 Å². The smallest absolute Gasteiger partial charge is 0.410 e. The third kappa shape index (κ3) is 9.34. The maximum Gasteiger partial charge on any atom is 0.410 e. The summed E-state index contributed by atoms with van der Waals surface area (Å²) in [5.74, 6) is -2.51. The van der Waals surface area contributed by atoms with Gasteiger partial charge in [-0.3, -0.25) is 0 Å². The molecule has 0 saturated carbocycles. The number of carbonyl (C=O) groups is 1. The number of halogens is 5. The maximum atomic E-state index is 15.0. The van der Waals surface area contributed by atoms with Crippen molar-refractivity contribution in [1.82, 2.24) is 19.9 Å². The molecule has 0 spiro atoms. The molecular weight excluding hydrogens is 685 g/mol. The molecule has 3 heterocycles. The monoisotopic (exact) mass is 721 g/mol. The summed E-state index contributed by atoms with van der Waals surface area (Å²) in [7, 11) is -4.32. The summed E-state index contributed by atoms with van der Waals surface area (Å²) in [5, 5.41) is 3.58. The number of hydrogen-bond donors (Lipinski definition) is 1. The van der Waals surface area contributed by atoms with Gasteiger partial charge in [-0.25, -0.2) is 36.9 Å². The fraction of sp³-hybridized carbons (Fsp3) is 0.412. The number of rotatable bonds is 9. The molecule has 0 aliphatic carbocycles. The Morgan fingerprint density at radius 3 is 2.48 bits per heavy atom. The number of nitrogens with one attached hydrogen (secondary N) is 1. The Hall–Kier alpha value is -4.60. The highest BCUT2D eigenvalue weighted by Gasteiger charge is 2.33. The average molecular weight is 722 g/mol. The third-order valence-electron chi connectivity index (χ3n) is 7.75. The molecular formula is C34H36F5N5O5S. The molecule has 268 valence electrons. The van der Waals surface area contributed by atoms with Crippen molar-refractivity contribution < 1.29 is 44.6 Å². The van der Waals surface area contributed by atoms with Gasteiger partial charge in [-0.1, -0.05) is 12.1 Å². The zero-order valence-electron chi connectivity index (χ0n) is 27.7. The van der Waals surface area contributed by atoms with Crippen molar-refractivity contribution in [2.45, 2.75) is 70.3 Å². The minimum Gasteiger partial charge on any atom is -0.444 e. The Balaban J connectivity index is 1.41. The Labute approximate surface area is 286 Å². The van der Waals surface area contributed by atoms with Crippen molar-refractivity contribution in [3.63, 3.8) is 0 Å². The lowest BCUT2D eigenvalue weighted by Gasteiger charge is -2.36. The topological polar surface area (TPSA) is 124 Å². The van der Waals surface area contributed by atoms with Crippen molar-refractivity contribution >= 4 is 32.7 Å². The van der Waals surface area contributed by atoms with E-state index >= 15 is 4.39 Å². The van der Waals surface area contributed by atoms with Gasteiger partial charge in [0, 0.05) is 42.4 Å². The van der Waals surface area contributed by atoms with E-state index in [2.05, 4.69) is 20.3 Å². The minimum atomic E-state index is -4.68. The molecule has 2 aromatic carbocycles. The summed E-state index contributed by atoms with van der Waals surface area (Å²) in [4.78, 5) is 27.1. The van der Waals surface area contributed by atoms with Crippen molar-refractivity contribution in [3.8, 4) is 22.9 Å². The number of nitrogens with zero attached hydrogens (tertiary/aromatic N) is 4. The predicted molar refractivity (Wildman–Crippen MR) is 177 cm³/mol. The zero-order chi connectivity index (χ0) is 36.4. The van der Waals surface area contributed by atoms with E-state index in [1.54, 1.807) is 52.0 Å². The van der Waals surface area contributed by atoms with Crippen molar-refractivity contribution in [2.24, 2.45) is 0 Å². The zero-order valence-corrected chi connectivity index (χ0v) is 28.5. The molecule has 1 amide bonds. The van der Waals surface area contributed by atoms with Gasteiger partial charge in [0.05, 0.1) is 35.7 Å². The standard InChI is InChI=1S/C34H36F5N5O5S/c1-20-7-8-23-24(9-10-27(36)26(23)19-50(46,47)15-12-34(37,38)39)29(20)48-30-25(6-5-13-40-30)28-11-14-41-31(43-28)42-22-16-21(35)17-44(18-22)32(45)49-33(2,3)4/h5-11,13-14,21-22H,12,15-19H2,1-4H3,(H,41,42,43). The number of carbonyl (C=O) groups excluding carboxylic acids is 1. The number of hydrogen-bond acceptors (Lipinski definition) is 9. The second-order valence-electron chi connectivity index (χ2n) is 13.1. The molecule has 50 heavy (non-hydrogen) atoms. The molecule has 10 nitrogen and oxygen atoms in total. The normalized spacial score (nSPS) is 17.1. The van der Waals surface area contributed by atoms with Crippen molar-refractivity contribution in [2.75, 3.05) is 24.2 Å². The molecule has 1 aliphatic heterocycles. The Bertz CT molecular complexity index is 1990. The summed E-state index contributed by atoms with van der Waals surface area (Å²) in [6.45, 7) is 6.97. The Kier molecular flexibility index (Phi) is 10.5. The molecule has 2 unspecified atom stereocenters. The predicted octanol–water partition coefficient (Wildman–Crippen LogP) is 7.56. The summed E-state index contributed by atoms with van der Waals surface area (Å²) >= 11 is 0. The number of amides is 1. The van der Waals surface area contributed by atoms with E-state index in [0.717, 1.165) is 6.07 Å². The Morgan fingerprint density at radius 2 is 1.76 bits per heavy atom. The van der Waals surface area contributed by atoms with E-state index in [4.69, 9.17) is 9.47 Å². The van der Waals surface area contributed by atoms with Crippen LogP contribution in [0.4, 0.5) is 32.7 Å². The van der Waals surface area contributed by atoms with E-state index in [9.17, 15) is 30.8 Å². The van der Waals surface area contributed by atoms with Crippen LogP contribution in [0.5, 0.6) is 11.6 Å². The molecule has 0 bridgehead atoms. The van der Waals surface area contributed by atoms with E-state index in [-0.39, 0.29) is 48.0 Å². The van der Waals surface area contributed by atoms with Crippen molar-refractivity contribution in [3.05, 3.63) is 71.8 Å². The number of aromatic nitrogens is 3. The number of fused-ring (bicyclic) bond motifs is 1. The van der Waals surface area contributed by atoms with E-state index < -0.39 is 63.7 Å². The molecule has 2 aromatic heterocycles. The van der Waals surface area contributed by atoms with Gasteiger partial charge in [0.25, 0.3) is 0 Å². The van der Waals surface area contributed by atoms with Crippen LogP contribution in [0.25, 0.3) is 22.0 Å². The first-order chi connectivity index (χ1) is 23.4. The number of ether oxygens (including phenoxy) is 2.